The molecule has 0 aliphatic rings. The fraction of sp³-hybridized carbons (Fsp3) is 0.308. The van der Waals surface area contributed by atoms with Crippen molar-refractivity contribution in [1.29, 1.82) is 0 Å². The number of halogens is 1. The molecule has 0 nitrogen and oxygen atoms in total. The van der Waals surface area contributed by atoms with Gasteiger partial charge in [0.15, 0.2) is 0 Å². The molecule has 0 aliphatic heterocycles. The lowest BCUT2D eigenvalue weighted by molar-refractivity contribution is 0.571. The van der Waals surface area contributed by atoms with Crippen LogP contribution in [0.3, 0.4) is 0 Å². The third kappa shape index (κ3) is 5.79. The molecule has 0 aromatic heterocycles. The van der Waals surface area contributed by atoms with Crippen LogP contribution in [0.4, 0.5) is 4.39 Å². The summed E-state index contributed by atoms with van der Waals surface area (Å²) in [6, 6.07) is 16.9. The van der Waals surface area contributed by atoms with Gasteiger partial charge in [0.25, 0.3) is 0 Å². The van der Waals surface area contributed by atoms with Crippen molar-refractivity contribution in [1.82, 2.24) is 0 Å². The van der Waals surface area contributed by atoms with E-state index in [1.165, 1.54) is 17.7 Å². The summed E-state index contributed by atoms with van der Waals surface area (Å²) in [4.78, 5) is 0. The molecule has 144 valence electrons. The Labute approximate surface area is 165 Å². The molecule has 0 saturated heterocycles. The van der Waals surface area contributed by atoms with Crippen LogP contribution < -0.4 is 0 Å². The minimum Gasteiger partial charge on any atom is -0.207 e. The lowest BCUT2D eigenvalue weighted by atomic mass is 9.70. The maximum atomic E-state index is 13.3. The molecule has 2 rings (SSSR count). The number of hydrogen-bond acceptors (Lipinski definition) is 0. The van der Waals surface area contributed by atoms with Crippen LogP contribution in [0.2, 0.25) is 0 Å². The second-order valence-electron chi connectivity index (χ2n) is 6.97. The molecule has 27 heavy (non-hydrogen) atoms. The second-order valence-corrected chi connectivity index (χ2v) is 6.97. The van der Waals surface area contributed by atoms with E-state index in [1.807, 2.05) is 39.0 Å². The zero-order valence-electron chi connectivity index (χ0n) is 17.4. The van der Waals surface area contributed by atoms with Gasteiger partial charge >= 0.3 is 0 Å². The molecular weight excluding hydrogens is 331 g/mol. The van der Waals surface area contributed by atoms with Crippen LogP contribution in [0.25, 0.3) is 5.57 Å². The van der Waals surface area contributed by atoms with Gasteiger partial charge in [0.1, 0.15) is 5.82 Å². The Hall–Kier alpha value is -2.41. The summed E-state index contributed by atoms with van der Waals surface area (Å²) in [7, 11) is 0. The van der Waals surface area contributed by atoms with E-state index in [-0.39, 0.29) is 17.7 Å². The van der Waals surface area contributed by atoms with Crippen LogP contribution in [0.5, 0.6) is 0 Å². The van der Waals surface area contributed by atoms with Crippen molar-refractivity contribution in [3.8, 4) is 0 Å². The number of benzene rings is 2. The Bertz CT molecular complexity index is 751. The van der Waals surface area contributed by atoms with Crippen molar-refractivity contribution < 1.29 is 4.39 Å². The van der Waals surface area contributed by atoms with E-state index in [1.54, 1.807) is 12.1 Å². The first kappa shape index (κ1) is 22.6. The lowest BCUT2D eigenvalue weighted by Gasteiger charge is -2.33. The number of rotatable bonds is 7. The SMILES string of the molecule is C=C(C)C(C(=C)C(C)C)C(C(=C)c1ccc(F)cc1)c1ccccc1.CC. The van der Waals surface area contributed by atoms with Crippen molar-refractivity contribution in [2.75, 3.05) is 0 Å². The molecule has 0 amide bonds. The Morgan fingerprint density at radius 2 is 1.37 bits per heavy atom. The zero-order chi connectivity index (χ0) is 20.6. The van der Waals surface area contributed by atoms with Gasteiger partial charge in [-0.2, -0.15) is 0 Å². The van der Waals surface area contributed by atoms with Gasteiger partial charge < -0.3 is 0 Å². The second kappa shape index (κ2) is 10.7. The topological polar surface area (TPSA) is 0 Å². The number of hydrogen-bond donors (Lipinski definition) is 0. The van der Waals surface area contributed by atoms with E-state index in [9.17, 15) is 4.39 Å². The predicted molar refractivity (Wildman–Crippen MR) is 118 cm³/mol. The molecule has 1 heteroatoms. The Morgan fingerprint density at radius 3 is 1.81 bits per heavy atom. The molecule has 0 heterocycles. The fourth-order valence-electron chi connectivity index (χ4n) is 3.27. The van der Waals surface area contributed by atoms with Crippen LogP contribution in [-0.2, 0) is 0 Å². The molecule has 0 saturated carbocycles. The fourth-order valence-corrected chi connectivity index (χ4v) is 3.27. The van der Waals surface area contributed by atoms with Crippen molar-refractivity contribution in [2.45, 2.75) is 40.5 Å². The summed E-state index contributed by atoms with van der Waals surface area (Å²) in [6.45, 7) is 23.3. The highest BCUT2D eigenvalue weighted by molar-refractivity contribution is 5.71. The van der Waals surface area contributed by atoms with Crippen LogP contribution in [-0.4, -0.2) is 0 Å². The summed E-state index contributed by atoms with van der Waals surface area (Å²) in [6.07, 6.45) is 0. The molecule has 2 unspecified atom stereocenters. The van der Waals surface area contributed by atoms with Crippen LogP contribution in [0.1, 0.15) is 51.7 Å². The Balaban J connectivity index is 0.00000176. The normalized spacial score (nSPS) is 12.6. The van der Waals surface area contributed by atoms with E-state index in [0.29, 0.717) is 5.92 Å². The third-order valence-corrected chi connectivity index (χ3v) is 4.75. The van der Waals surface area contributed by atoms with Gasteiger partial charge in [-0.15, -0.1) is 0 Å². The Kier molecular flexibility index (Phi) is 8.94. The van der Waals surface area contributed by atoms with Gasteiger partial charge in [-0.3, -0.25) is 0 Å². The first-order valence-corrected chi connectivity index (χ1v) is 9.66. The highest BCUT2D eigenvalue weighted by Crippen LogP contribution is 2.44. The van der Waals surface area contributed by atoms with E-state index in [0.717, 1.165) is 22.3 Å². The zero-order valence-corrected chi connectivity index (χ0v) is 17.4. The molecule has 0 radical (unpaired) electrons. The summed E-state index contributed by atoms with van der Waals surface area (Å²) < 4.78 is 13.3. The molecule has 0 spiro atoms. The molecule has 2 aromatic rings. The highest BCUT2D eigenvalue weighted by atomic mass is 19.1. The van der Waals surface area contributed by atoms with Crippen molar-refractivity contribution in [3.63, 3.8) is 0 Å². The number of allylic oxidation sites excluding steroid dienone is 3. The van der Waals surface area contributed by atoms with Gasteiger partial charge in [0.2, 0.25) is 0 Å². The largest absolute Gasteiger partial charge is 0.207 e. The van der Waals surface area contributed by atoms with Crippen LogP contribution in [0, 0.1) is 17.7 Å². The third-order valence-electron chi connectivity index (χ3n) is 4.75. The highest BCUT2D eigenvalue weighted by Gasteiger charge is 2.30. The standard InChI is InChI=1S/C24H27F.C2H6/c1-16(2)18(5)23(17(3)4)24(21-10-8-7-9-11-21)19(6)20-12-14-22(25)15-13-20;1-2/h7-16,23-24H,3,5-6H2,1-2,4H3;1-2H3. The molecule has 0 N–H and O–H groups in total. The van der Waals surface area contributed by atoms with Gasteiger partial charge in [0.05, 0.1) is 0 Å². The monoisotopic (exact) mass is 364 g/mol. The molecule has 0 bridgehead atoms. The molecule has 0 fully saturated rings. The summed E-state index contributed by atoms with van der Waals surface area (Å²) >= 11 is 0. The predicted octanol–water partition coefficient (Wildman–Crippen LogP) is 8.05. The van der Waals surface area contributed by atoms with Crippen LogP contribution in [0.15, 0.2) is 85.5 Å². The van der Waals surface area contributed by atoms with Crippen LogP contribution >= 0.6 is 0 Å². The van der Waals surface area contributed by atoms with Gasteiger partial charge in [0, 0.05) is 11.8 Å². The van der Waals surface area contributed by atoms with Gasteiger partial charge in [-0.1, -0.05) is 101 Å². The van der Waals surface area contributed by atoms with Crippen molar-refractivity contribution in [3.05, 3.63) is 102 Å². The van der Waals surface area contributed by atoms with Crippen molar-refractivity contribution >= 4 is 5.57 Å². The minimum absolute atomic E-state index is 0.0269. The molecular formula is C26H33F. The smallest absolute Gasteiger partial charge is 0.123 e. The quantitative estimate of drug-likeness (QED) is 0.436. The Morgan fingerprint density at radius 1 is 0.852 bits per heavy atom. The molecule has 0 aliphatic carbocycles. The summed E-state index contributed by atoms with van der Waals surface area (Å²) in [5.41, 5.74) is 5.28. The van der Waals surface area contributed by atoms with E-state index in [2.05, 4.69) is 45.7 Å². The van der Waals surface area contributed by atoms with Crippen molar-refractivity contribution in [2.24, 2.45) is 11.8 Å². The first-order valence-electron chi connectivity index (χ1n) is 9.66. The maximum Gasteiger partial charge on any atom is 0.123 e. The summed E-state index contributed by atoms with van der Waals surface area (Å²) in [5, 5.41) is 0. The molecule has 2 aromatic carbocycles. The lowest BCUT2D eigenvalue weighted by Crippen LogP contribution is -2.20. The molecule has 2 atom stereocenters. The van der Waals surface area contributed by atoms with E-state index < -0.39 is 0 Å². The minimum atomic E-state index is -0.240. The average molecular weight is 365 g/mol. The van der Waals surface area contributed by atoms with E-state index in [4.69, 9.17) is 0 Å². The first-order chi connectivity index (χ1) is 12.8. The van der Waals surface area contributed by atoms with E-state index >= 15 is 0 Å². The van der Waals surface area contributed by atoms with Gasteiger partial charge in [-0.05, 0) is 41.7 Å². The summed E-state index contributed by atoms with van der Waals surface area (Å²) in [5.74, 6) is 0.212. The maximum absolute atomic E-state index is 13.3. The van der Waals surface area contributed by atoms with Gasteiger partial charge in [-0.25, -0.2) is 4.39 Å². The average Bonchev–Trinajstić information content (AvgIpc) is 2.67.